The molecule has 1 aliphatic rings. The molecule has 0 saturated heterocycles. The average molecular weight is 398 g/mol. The lowest BCUT2D eigenvalue weighted by Crippen LogP contribution is -2.54. The van der Waals surface area contributed by atoms with Gasteiger partial charge in [0.25, 0.3) is 0 Å². The fourth-order valence-corrected chi connectivity index (χ4v) is 3.77. The first-order valence-electron chi connectivity index (χ1n) is 10.3. The molecule has 3 amide bonds. The number of likely N-dealkylation sites (N-methyl/N-ethyl adjacent to an activating group) is 1. The fraction of sp³-hybridized carbons (Fsp3) is 0.857. The van der Waals surface area contributed by atoms with E-state index in [0.29, 0.717) is 0 Å². The van der Waals surface area contributed by atoms with Crippen LogP contribution in [0.5, 0.6) is 0 Å². The maximum Gasteiger partial charge on any atom is 0.249 e. The summed E-state index contributed by atoms with van der Waals surface area (Å²) >= 11 is 0. The summed E-state index contributed by atoms with van der Waals surface area (Å²) in [5.41, 5.74) is -0.454. The van der Waals surface area contributed by atoms with Gasteiger partial charge in [-0.2, -0.15) is 0 Å². The molecule has 0 spiro atoms. The summed E-state index contributed by atoms with van der Waals surface area (Å²) in [4.78, 5) is 39.6. The first-order chi connectivity index (χ1) is 12.8. The Bertz CT molecular complexity index is 548. The van der Waals surface area contributed by atoms with E-state index in [1.807, 2.05) is 34.6 Å². The van der Waals surface area contributed by atoms with Crippen molar-refractivity contribution in [1.29, 1.82) is 0 Å². The van der Waals surface area contributed by atoms with Crippen LogP contribution in [0.4, 0.5) is 0 Å². The Morgan fingerprint density at radius 3 is 2.04 bits per heavy atom. The number of hydroxylamine groups is 2. The largest absolute Gasteiger partial charge is 0.347 e. The van der Waals surface area contributed by atoms with Crippen LogP contribution in [0.1, 0.15) is 66.7 Å². The van der Waals surface area contributed by atoms with Gasteiger partial charge in [-0.15, -0.1) is 0 Å². The second-order valence-electron chi connectivity index (χ2n) is 9.77. The third kappa shape index (κ3) is 7.08. The summed E-state index contributed by atoms with van der Waals surface area (Å²) < 4.78 is 0. The monoisotopic (exact) mass is 397 g/mol. The lowest BCUT2D eigenvalue weighted by molar-refractivity contribution is -0.175. The van der Waals surface area contributed by atoms with Gasteiger partial charge in [0.05, 0.1) is 12.5 Å². The van der Waals surface area contributed by atoms with Crippen molar-refractivity contribution < 1.29 is 19.6 Å². The van der Waals surface area contributed by atoms with Crippen LogP contribution in [0, 0.1) is 23.2 Å². The van der Waals surface area contributed by atoms with Gasteiger partial charge in [-0.3, -0.25) is 19.6 Å². The van der Waals surface area contributed by atoms with E-state index in [-0.39, 0.29) is 42.5 Å². The highest BCUT2D eigenvalue weighted by atomic mass is 16.5. The van der Waals surface area contributed by atoms with Crippen molar-refractivity contribution in [2.75, 3.05) is 20.6 Å². The smallest absolute Gasteiger partial charge is 0.249 e. The standard InChI is InChI=1S/C21H39N3O4/c1-14(2)13-24(28)19(26)16(15-10-8-9-11-15)12-17(25)22-18(21(3,4)5)20(27)23(6)7/h14-16,18,28H,8-13H2,1-7H3,(H,22,25)/t16-,18+/m0/s1. The van der Waals surface area contributed by atoms with Crippen LogP contribution in [-0.2, 0) is 14.4 Å². The normalized spacial score (nSPS) is 17.3. The van der Waals surface area contributed by atoms with Gasteiger partial charge in [-0.05, 0) is 30.1 Å². The topological polar surface area (TPSA) is 90.0 Å². The predicted octanol–water partition coefficient (Wildman–Crippen LogP) is 2.68. The second kappa shape index (κ2) is 10.2. The third-order valence-electron chi connectivity index (χ3n) is 5.34. The molecule has 0 unspecified atom stereocenters. The molecule has 162 valence electrons. The summed E-state index contributed by atoms with van der Waals surface area (Å²) in [5, 5.41) is 13.8. The third-order valence-corrected chi connectivity index (χ3v) is 5.34. The molecule has 0 aromatic carbocycles. The zero-order valence-electron chi connectivity index (χ0n) is 18.6. The van der Waals surface area contributed by atoms with Crippen LogP contribution >= 0.6 is 0 Å². The van der Waals surface area contributed by atoms with E-state index in [9.17, 15) is 19.6 Å². The van der Waals surface area contributed by atoms with Gasteiger partial charge in [-0.25, -0.2) is 5.06 Å². The number of nitrogens with zero attached hydrogens (tertiary/aromatic N) is 2. The van der Waals surface area contributed by atoms with Gasteiger partial charge < -0.3 is 10.2 Å². The molecule has 7 heteroatoms. The Kier molecular flexibility index (Phi) is 8.92. The molecule has 2 N–H and O–H groups in total. The van der Waals surface area contributed by atoms with Crippen LogP contribution in [0.3, 0.4) is 0 Å². The summed E-state index contributed by atoms with van der Waals surface area (Å²) in [6.45, 7) is 9.79. The van der Waals surface area contributed by atoms with Crippen LogP contribution in [-0.4, -0.2) is 59.6 Å². The maximum atomic E-state index is 12.8. The van der Waals surface area contributed by atoms with E-state index in [4.69, 9.17) is 0 Å². The number of nitrogens with one attached hydrogen (secondary N) is 1. The van der Waals surface area contributed by atoms with Gasteiger partial charge in [0.15, 0.2) is 0 Å². The zero-order valence-corrected chi connectivity index (χ0v) is 18.6. The molecule has 0 aromatic rings. The molecule has 0 aliphatic heterocycles. The number of carbonyl (C=O) groups is 3. The van der Waals surface area contributed by atoms with Crippen LogP contribution < -0.4 is 5.32 Å². The summed E-state index contributed by atoms with van der Waals surface area (Å²) in [6, 6.07) is -0.671. The van der Waals surface area contributed by atoms with Crippen molar-refractivity contribution in [3.63, 3.8) is 0 Å². The molecule has 0 bridgehead atoms. The van der Waals surface area contributed by atoms with E-state index in [0.717, 1.165) is 30.7 Å². The van der Waals surface area contributed by atoms with Gasteiger partial charge in [-0.1, -0.05) is 47.5 Å². The van der Waals surface area contributed by atoms with Crippen molar-refractivity contribution in [2.24, 2.45) is 23.2 Å². The minimum absolute atomic E-state index is 0.00799. The van der Waals surface area contributed by atoms with Gasteiger partial charge in [0.2, 0.25) is 17.7 Å². The van der Waals surface area contributed by atoms with E-state index < -0.39 is 17.4 Å². The molecule has 1 rings (SSSR count). The average Bonchev–Trinajstić information content (AvgIpc) is 3.08. The van der Waals surface area contributed by atoms with Crippen LogP contribution in [0.15, 0.2) is 0 Å². The summed E-state index contributed by atoms with van der Waals surface area (Å²) in [5.74, 6) is -1.21. The molecule has 1 fully saturated rings. The van der Waals surface area contributed by atoms with E-state index in [1.165, 1.54) is 4.90 Å². The molecule has 1 saturated carbocycles. The number of rotatable bonds is 8. The Hall–Kier alpha value is -1.63. The first-order valence-corrected chi connectivity index (χ1v) is 10.3. The van der Waals surface area contributed by atoms with Crippen molar-refractivity contribution in [2.45, 2.75) is 72.8 Å². The molecule has 7 nitrogen and oxygen atoms in total. The van der Waals surface area contributed by atoms with Crippen molar-refractivity contribution in [1.82, 2.24) is 15.3 Å². The first kappa shape index (κ1) is 24.4. The second-order valence-corrected chi connectivity index (χ2v) is 9.77. The highest BCUT2D eigenvalue weighted by Crippen LogP contribution is 2.34. The molecule has 28 heavy (non-hydrogen) atoms. The quantitative estimate of drug-likeness (QED) is 0.487. The number of carbonyl (C=O) groups excluding carboxylic acids is 3. The zero-order chi connectivity index (χ0) is 21.6. The molecular formula is C21H39N3O4. The molecule has 0 heterocycles. The fourth-order valence-electron chi connectivity index (χ4n) is 3.77. The molecule has 1 aliphatic carbocycles. The Labute approximate surface area is 169 Å². The van der Waals surface area contributed by atoms with Crippen LogP contribution in [0.25, 0.3) is 0 Å². The number of hydrogen-bond acceptors (Lipinski definition) is 4. The minimum Gasteiger partial charge on any atom is -0.347 e. The number of hydrogen-bond donors (Lipinski definition) is 2. The summed E-state index contributed by atoms with van der Waals surface area (Å²) in [7, 11) is 3.32. The molecule has 0 aromatic heterocycles. The highest BCUT2D eigenvalue weighted by molar-refractivity contribution is 5.90. The SMILES string of the molecule is CC(C)CN(O)C(=O)[C@@H](CC(=O)N[C@H](C(=O)N(C)C)C(C)(C)C)C1CCCC1. The molecule has 0 radical (unpaired) electrons. The van der Waals surface area contributed by atoms with Gasteiger partial charge in [0.1, 0.15) is 6.04 Å². The Balaban J connectivity index is 2.93. The van der Waals surface area contributed by atoms with E-state index in [1.54, 1.807) is 14.1 Å². The van der Waals surface area contributed by atoms with E-state index in [2.05, 4.69) is 5.32 Å². The van der Waals surface area contributed by atoms with Gasteiger partial charge in [0, 0.05) is 20.5 Å². The Morgan fingerprint density at radius 1 is 1.07 bits per heavy atom. The van der Waals surface area contributed by atoms with Gasteiger partial charge >= 0.3 is 0 Å². The Morgan fingerprint density at radius 2 is 1.61 bits per heavy atom. The molecule has 2 atom stereocenters. The number of amides is 3. The molecular weight excluding hydrogens is 358 g/mol. The van der Waals surface area contributed by atoms with Crippen molar-refractivity contribution in [3.8, 4) is 0 Å². The lowest BCUT2D eigenvalue weighted by atomic mass is 9.84. The van der Waals surface area contributed by atoms with Crippen molar-refractivity contribution >= 4 is 17.7 Å². The highest BCUT2D eigenvalue weighted by Gasteiger charge is 2.38. The van der Waals surface area contributed by atoms with Crippen LogP contribution in [0.2, 0.25) is 0 Å². The lowest BCUT2D eigenvalue weighted by Gasteiger charge is -2.33. The van der Waals surface area contributed by atoms with E-state index >= 15 is 0 Å². The maximum absolute atomic E-state index is 12.8. The van der Waals surface area contributed by atoms with Crippen molar-refractivity contribution in [3.05, 3.63) is 0 Å². The predicted molar refractivity (Wildman–Crippen MR) is 108 cm³/mol. The minimum atomic E-state index is -0.671. The summed E-state index contributed by atoms with van der Waals surface area (Å²) in [6.07, 6.45) is 3.84.